The van der Waals surface area contributed by atoms with Gasteiger partial charge < -0.3 is 9.29 Å². The second-order valence-corrected chi connectivity index (χ2v) is 5.06. The summed E-state index contributed by atoms with van der Waals surface area (Å²) in [5.74, 6) is 0.856. The minimum Gasteiger partial charge on any atom is -0.486 e. The highest BCUT2D eigenvalue weighted by atomic mass is 32.2. The lowest BCUT2D eigenvalue weighted by molar-refractivity contribution is 0.207. The quantitative estimate of drug-likeness (QED) is 0.831. The van der Waals surface area contributed by atoms with Crippen molar-refractivity contribution in [2.75, 3.05) is 0 Å². The Bertz CT molecular complexity index is 536. The summed E-state index contributed by atoms with van der Waals surface area (Å²) in [5.41, 5.74) is 2.70. The normalized spacial score (nSPS) is 17.5. The molecule has 2 aromatic carbocycles. The highest BCUT2D eigenvalue weighted by Gasteiger charge is 2.23. The standard InChI is InChI=1S/C15H14O2S/c16-18-13-8-6-12(7-9-13)17-15-10-5-11-3-1-2-4-14(11)15/h1-4,6-9,15-16H,5,10H2/t15-/m1/s1. The van der Waals surface area contributed by atoms with Crippen LogP contribution < -0.4 is 4.74 Å². The first-order valence-corrected chi connectivity index (χ1v) is 6.80. The van der Waals surface area contributed by atoms with Crippen LogP contribution in [0.15, 0.2) is 53.4 Å². The molecule has 2 aromatic rings. The van der Waals surface area contributed by atoms with Gasteiger partial charge in [-0.3, -0.25) is 0 Å². The van der Waals surface area contributed by atoms with Gasteiger partial charge in [-0.15, -0.1) is 0 Å². The van der Waals surface area contributed by atoms with E-state index in [-0.39, 0.29) is 6.10 Å². The summed E-state index contributed by atoms with van der Waals surface area (Å²) in [5, 5.41) is 0. The van der Waals surface area contributed by atoms with Crippen LogP contribution in [0, 0.1) is 0 Å². The van der Waals surface area contributed by atoms with Gasteiger partial charge in [-0.25, -0.2) is 0 Å². The summed E-state index contributed by atoms with van der Waals surface area (Å²) in [6.45, 7) is 0. The highest BCUT2D eigenvalue weighted by molar-refractivity contribution is 7.93. The van der Waals surface area contributed by atoms with E-state index < -0.39 is 0 Å². The third-order valence-electron chi connectivity index (χ3n) is 3.29. The molecule has 0 spiro atoms. The lowest BCUT2D eigenvalue weighted by Crippen LogP contribution is -2.03. The topological polar surface area (TPSA) is 29.5 Å². The molecule has 3 rings (SSSR count). The largest absolute Gasteiger partial charge is 0.486 e. The number of hydrogen-bond donors (Lipinski definition) is 1. The molecule has 1 N–H and O–H groups in total. The van der Waals surface area contributed by atoms with Crippen LogP contribution >= 0.6 is 12.0 Å². The van der Waals surface area contributed by atoms with Crippen LogP contribution in [0.1, 0.15) is 23.7 Å². The van der Waals surface area contributed by atoms with Gasteiger partial charge in [-0.2, -0.15) is 0 Å². The van der Waals surface area contributed by atoms with Crippen molar-refractivity contribution < 1.29 is 9.29 Å². The predicted octanol–water partition coefficient (Wildman–Crippen LogP) is 4.32. The molecule has 0 unspecified atom stereocenters. The second-order valence-electron chi connectivity index (χ2n) is 4.41. The lowest BCUT2D eigenvalue weighted by atomic mass is 10.1. The maximum absolute atomic E-state index is 8.92. The molecule has 0 radical (unpaired) electrons. The first-order chi connectivity index (χ1) is 8.86. The van der Waals surface area contributed by atoms with Crippen molar-refractivity contribution in [2.24, 2.45) is 0 Å². The summed E-state index contributed by atoms with van der Waals surface area (Å²) >= 11 is 0.753. The SMILES string of the molecule is OSc1ccc(O[C@@H]2CCc3ccccc32)cc1. The molecule has 0 aliphatic heterocycles. The molecular weight excluding hydrogens is 244 g/mol. The van der Waals surface area contributed by atoms with Crippen LogP contribution in [0.4, 0.5) is 0 Å². The molecule has 0 saturated carbocycles. The fourth-order valence-electron chi connectivity index (χ4n) is 2.38. The summed E-state index contributed by atoms with van der Waals surface area (Å²) in [6.07, 6.45) is 2.29. The maximum atomic E-state index is 8.92. The van der Waals surface area contributed by atoms with E-state index in [2.05, 4.69) is 24.3 Å². The third kappa shape index (κ3) is 2.24. The van der Waals surface area contributed by atoms with Gasteiger partial charge in [0.1, 0.15) is 11.9 Å². The van der Waals surface area contributed by atoms with Gasteiger partial charge in [0.25, 0.3) is 0 Å². The van der Waals surface area contributed by atoms with Crippen molar-refractivity contribution >= 4 is 12.0 Å². The smallest absolute Gasteiger partial charge is 0.124 e. The van der Waals surface area contributed by atoms with E-state index in [1.165, 1.54) is 11.1 Å². The van der Waals surface area contributed by atoms with Crippen molar-refractivity contribution in [3.05, 3.63) is 59.7 Å². The molecule has 0 amide bonds. The highest BCUT2D eigenvalue weighted by Crippen LogP contribution is 2.35. The number of aryl methyl sites for hydroxylation is 1. The molecule has 1 aliphatic rings. The van der Waals surface area contributed by atoms with Gasteiger partial charge in [0.2, 0.25) is 0 Å². The van der Waals surface area contributed by atoms with Gasteiger partial charge in [0.05, 0.1) is 0 Å². The monoisotopic (exact) mass is 258 g/mol. The molecule has 1 aliphatic carbocycles. The summed E-state index contributed by atoms with van der Waals surface area (Å²) in [4.78, 5) is 0.828. The molecule has 3 heteroatoms. The number of hydrogen-bond acceptors (Lipinski definition) is 3. The summed E-state index contributed by atoms with van der Waals surface area (Å²) < 4.78 is 14.9. The molecule has 2 nitrogen and oxygen atoms in total. The first kappa shape index (κ1) is 11.6. The Labute approximate surface area is 111 Å². The summed E-state index contributed by atoms with van der Waals surface area (Å²) in [6, 6.07) is 16.0. The van der Waals surface area contributed by atoms with Crippen LogP contribution in [-0.2, 0) is 6.42 Å². The fraction of sp³-hybridized carbons (Fsp3) is 0.200. The Morgan fingerprint density at radius 2 is 1.83 bits per heavy atom. The minimum absolute atomic E-state index is 0.161. The molecule has 0 aromatic heterocycles. The zero-order chi connectivity index (χ0) is 12.4. The maximum Gasteiger partial charge on any atom is 0.124 e. The van der Waals surface area contributed by atoms with E-state index in [9.17, 15) is 0 Å². The Balaban J connectivity index is 1.77. The number of ether oxygens (including phenoxy) is 1. The van der Waals surface area contributed by atoms with Gasteiger partial charge >= 0.3 is 0 Å². The molecule has 0 heterocycles. The molecule has 0 fully saturated rings. The molecule has 0 bridgehead atoms. The van der Waals surface area contributed by atoms with Crippen LogP contribution in [0.2, 0.25) is 0 Å². The van der Waals surface area contributed by atoms with Gasteiger partial charge in [0, 0.05) is 16.9 Å². The van der Waals surface area contributed by atoms with Crippen molar-refractivity contribution in [1.82, 2.24) is 0 Å². The van der Waals surface area contributed by atoms with Crippen molar-refractivity contribution in [1.29, 1.82) is 0 Å². The minimum atomic E-state index is 0.161. The van der Waals surface area contributed by atoms with E-state index in [0.717, 1.165) is 35.5 Å². The summed E-state index contributed by atoms with van der Waals surface area (Å²) in [7, 11) is 0. The molecule has 0 saturated heterocycles. The van der Waals surface area contributed by atoms with Crippen LogP contribution in [0.3, 0.4) is 0 Å². The lowest BCUT2D eigenvalue weighted by Gasteiger charge is -2.15. The first-order valence-electron chi connectivity index (χ1n) is 6.03. The third-order valence-corrected chi connectivity index (χ3v) is 3.77. The van der Waals surface area contributed by atoms with Gasteiger partial charge in [0.15, 0.2) is 0 Å². The van der Waals surface area contributed by atoms with Crippen molar-refractivity contribution in [3.63, 3.8) is 0 Å². The van der Waals surface area contributed by atoms with Crippen LogP contribution in [0.5, 0.6) is 5.75 Å². The Morgan fingerprint density at radius 1 is 1.06 bits per heavy atom. The van der Waals surface area contributed by atoms with E-state index in [0.29, 0.717) is 0 Å². The van der Waals surface area contributed by atoms with E-state index in [1.54, 1.807) is 0 Å². The molecule has 1 atom stereocenters. The molecular formula is C15H14O2S. The Kier molecular flexibility index (Phi) is 3.26. The van der Waals surface area contributed by atoms with E-state index in [1.807, 2.05) is 24.3 Å². The average molecular weight is 258 g/mol. The molecule has 92 valence electrons. The molecule has 18 heavy (non-hydrogen) atoms. The van der Waals surface area contributed by atoms with E-state index in [4.69, 9.17) is 9.29 Å². The van der Waals surface area contributed by atoms with Gasteiger partial charge in [-0.05, 0) is 48.2 Å². The number of benzene rings is 2. The van der Waals surface area contributed by atoms with Gasteiger partial charge in [-0.1, -0.05) is 24.3 Å². The zero-order valence-corrected chi connectivity index (χ0v) is 10.7. The van der Waals surface area contributed by atoms with Crippen molar-refractivity contribution in [3.8, 4) is 5.75 Å². The fourth-order valence-corrected chi connectivity index (χ4v) is 2.64. The van der Waals surface area contributed by atoms with Crippen molar-refractivity contribution in [2.45, 2.75) is 23.8 Å². The Hall–Kier alpha value is -1.45. The number of fused-ring (bicyclic) bond motifs is 1. The Morgan fingerprint density at radius 3 is 2.61 bits per heavy atom. The second kappa shape index (κ2) is 5.04. The van der Waals surface area contributed by atoms with E-state index >= 15 is 0 Å². The predicted molar refractivity (Wildman–Crippen MR) is 73.1 cm³/mol. The number of rotatable bonds is 3. The average Bonchev–Trinajstić information content (AvgIpc) is 2.83. The van der Waals surface area contributed by atoms with Crippen LogP contribution in [0.25, 0.3) is 0 Å². The van der Waals surface area contributed by atoms with Crippen LogP contribution in [-0.4, -0.2) is 4.55 Å². The zero-order valence-electron chi connectivity index (χ0n) is 9.87.